The van der Waals surface area contributed by atoms with Crippen LogP contribution >= 0.6 is 11.6 Å². The van der Waals surface area contributed by atoms with E-state index in [4.69, 9.17) is 16.3 Å². The summed E-state index contributed by atoms with van der Waals surface area (Å²) in [6.45, 7) is 1.39. The summed E-state index contributed by atoms with van der Waals surface area (Å²) >= 11 is 5.44. The molecular formula is C7H10ClNO2. The molecule has 0 aliphatic carbocycles. The fourth-order valence-electron chi connectivity index (χ4n) is 1.81. The molecule has 3 nitrogen and oxygen atoms in total. The monoisotopic (exact) mass is 175 g/mol. The molecule has 0 spiro atoms. The molecule has 3 heterocycles. The predicted octanol–water partition coefficient (Wildman–Crippen LogP) is 0.225. The predicted molar refractivity (Wildman–Crippen MR) is 40.6 cm³/mol. The molecule has 4 heteroatoms. The molecule has 2 atom stereocenters. The van der Waals surface area contributed by atoms with E-state index in [-0.39, 0.29) is 11.8 Å². The first kappa shape index (κ1) is 7.37. The van der Waals surface area contributed by atoms with Crippen LogP contribution in [0.5, 0.6) is 0 Å². The minimum Gasteiger partial charge on any atom is -0.377 e. The van der Waals surface area contributed by atoms with Crippen molar-refractivity contribution in [3.8, 4) is 0 Å². The number of carbonyl (C=O) groups excluding carboxylic acids is 1. The number of amides is 1. The largest absolute Gasteiger partial charge is 0.377 e. The van der Waals surface area contributed by atoms with E-state index < -0.39 is 0 Å². The van der Waals surface area contributed by atoms with Gasteiger partial charge in [-0.25, -0.2) is 0 Å². The van der Waals surface area contributed by atoms with Crippen molar-refractivity contribution >= 4 is 17.5 Å². The number of alkyl halides is 1. The average molecular weight is 176 g/mol. The molecule has 3 saturated heterocycles. The van der Waals surface area contributed by atoms with Crippen LogP contribution in [-0.2, 0) is 9.53 Å². The third kappa shape index (κ3) is 1.03. The molecule has 62 valence electrons. The Labute approximate surface area is 70.3 Å². The summed E-state index contributed by atoms with van der Waals surface area (Å²) in [7, 11) is 0. The highest BCUT2D eigenvalue weighted by Gasteiger charge is 2.44. The molecule has 0 N–H and O–H groups in total. The maximum absolute atomic E-state index is 11.1. The van der Waals surface area contributed by atoms with E-state index in [0.29, 0.717) is 25.3 Å². The van der Waals surface area contributed by atoms with Crippen LogP contribution in [0.2, 0.25) is 0 Å². The van der Waals surface area contributed by atoms with E-state index in [1.54, 1.807) is 0 Å². The third-order valence-electron chi connectivity index (χ3n) is 2.35. The normalized spacial score (nSPS) is 34.8. The van der Waals surface area contributed by atoms with Gasteiger partial charge in [0.05, 0.1) is 25.3 Å². The minimum atomic E-state index is 0.0521. The maximum Gasteiger partial charge on any atom is 0.238 e. The van der Waals surface area contributed by atoms with Gasteiger partial charge in [-0.15, -0.1) is 11.6 Å². The van der Waals surface area contributed by atoms with Crippen LogP contribution in [0.3, 0.4) is 0 Å². The van der Waals surface area contributed by atoms with Crippen LogP contribution in [0.1, 0.15) is 6.42 Å². The van der Waals surface area contributed by atoms with Gasteiger partial charge < -0.3 is 9.64 Å². The number of ether oxygens (including phenoxy) is 1. The van der Waals surface area contributed by atoms with Gasteiger partial charge in [0, 0.05) is 0 Å². The molecule has 0 saturated carbocycles. The van der Waals surface area contributed by atoms with Crippen molar-refractivity contribution in [2.75, 3.05) is 19.1 Å². The van der Waals surface area contributed by atoms with E-state index >= 15 is 0 Å². The van der Waals surface area contributed by atoms with Gasteiger partial charge >= 0.3 is 0 Å². The second kappa shape index (κ2) is 2.64. The fourth-order valence-corrected chi connectivity index (χ4v) is 1.95. The second-order valence-corrected chi connectivity index (χ2v) is 3.28. The van der Waals surface area contributed by atoms with E-state index in [1.165, 1.54) is 0 Å². The van der Waals surface area contributed by atoms with Crippen molar-refractivity contribution in [2.24, 2.45) is 0 Å². The second-order valence-electron chi connectivity index (χ2n) is 3.02. The number of halogens is 1. The van der Waals surface area contributed by atoms with E-state index in [0.717, 1.165) is 6.42 Å². The van der Waals surface area contributed by atoms with Crippen LogP contribution in [0.4, 0.5) is 0 Å². The Morgan fingerprint density at radius 3 is 2.64 bits per heavy atom. The summed E-state index contributed by atoms with van der Waals surface area (Å²) < 4.78 is 5.22. The van der Waals surface area contributed by atoms with Crippen molar-refractivity contribution in [1.82, 2.24) is 4.90 Å². The average Bonchev–Trinajstić information content (AvgIpc) is 2.05. The third-order valence-corrected chi connectivity index (χ3v) is 2.58. The molecule has 0 aromatic carbocycles. The SMILES string of the molecule is O=C(CCl)N1C2COCC1C2. The number of morpholine rings is 1. The Hall–Kier alpha value is -0.280. The molecule has 3 rings (SSSR count). The number of carbonyl (C=O) groups is 1. The Morgan fingerprint density at radius 1 is 1.55 bits per heavy atom. The van der Waals surface area contributed by atoms with E-state index in [1.807, 2.05) is 4.90 Å². The standard InChI is InChI=1S/C7H10ClNO2/c8-2-7(10)9-5-1-6(9)4-11-3-5/h5-6H,1-4H2. The van der Waals surface area contributed by atoms with Crippen LogP contribution in [0, 0.1) is 0 Å². The molecule has 3 aliphatic rings. The first-order chi connectivity index (χ1) is 5.33. The highest BCUT2D eigenvalue weighted by molar-refractivity contribution is 6.27. The van der Waals surface area contributed by atoms with Crippen molar-refractivity contribution in [3.05, 3.63) is 0 Å². The number of rotatable bonds is 1. The number of fused-ring (bicyclic) bond motifs is 2. The lowest BCUT2D eigenvalue weighted by atomic mass is 9.91. The lowest BCUT2D eigenvalue weighted by Crippen LogP contribution is -2.65. The molecule has 3 fully saturated rings. The fraction of sp³-hybridized carbons (Fsp3) is 0.857. The van der Waals surface area contributed by atoms with Crippen molar-refractivity contribution in [2.45, 2.75) is 18.5 Å². The minimum absolute atomic E-state index is 0.0521. The highest BCUT2D eigenvalue weighted by Crippen LogP contribution is 2.30. The van der Waals surface area contributed by atoms with Gasteiger partial charge in [-0.1, -0.05) is 0 Å². The van der Waals surface area contributed by atoms with Gasteiger partial charge in [0.25, 0.3) is 0 Å². The zero-order valence-corrected chi connectivity index (χ0v) is 6.88. The maximum atomic E-state index is 11.1. The molecule has 11 heavy (non-hydrogen) atoms. The highest BCUT2D eigenvalue weighted by atomic mass is 35.5. The zero-order valence-electron chi connectivity index (χ0n) is 6.12. The molecule has 0 aromatic rings. The molecule has 1 amide bonds. The Morgan fingerprint density at radius 2 is 2.18 bits per heavy atom. The summed E-state index contributed by atoms with van der Waals surface area (Å²) in [5.41, 5.74) is 0. The van der Waals surface area contributed by atoms with Gasteiger partial charge in [-0.3, -0.25) is 4.79 Å². The lowest BCUT2D eigenvalue weighted by molar-refractivity contribution is -0.164. The van der Waals surface area contributed by atoms with Crippen molar-refractivity contribution in [3.63, 3.8) is 0 Å². The lowest BCUT2D eigenvalue weighted by Gasteiger charge is -2.52. The quantitative estimate of drug-likeness (QED) is 0.534. The van der Waals surface area contributed by atoms with Crippen LogP contribution in [-0.4, -0.2) is 42.0 Å². The first-order valence-electron chi connectivity index (χ1n) is 3.78. The first-order valence-corrected chi connectivity index (χ1v) is 4.31. The van der Waals surface area contributed by atoms with Gasteiger partial charge in [0.15, 0.2) is 0 Å². The topological polar surface area (TPSA) is 29.5 Å². The van der Waals surface area contributed by atoms with Gasteiger partial charge in [0.1, 0.15) is 5.88 Å². The summed E-state index contributed by atoms with van der Waals surface area (Å²) in [5, 5.41) is 0. The van der Waals surface area contributed by atoms with Crippen molar-refractivity contribution < 1.29 is 9.53 Å². The molecule has 2 unspecified atom stereocenters. The van der Waals surface area contributed by atoms with Crippen LogP contribution < -0.4 is 0 Å². The summed E-state index contributed by atoms with van der Waals surface area (Å²) in [6, 6.07) is 0.639. The molecule has 0 aromatic heterocycles. The summed E-state index contributed by atoms with van der Waals surface area (Å²) in [4.78, 5) is 13.0. The smallest absolute Gasteiger partial charge is 0.238 e. The van der Waals surface area contributed by atoms with Crippen LogP contribution in [0.25, 0.3) is 0 Å². The molecular weight excluding hydrogens is 166 g/mol. The molecule has 3 aliphatic heterocycles. The van der Waals surface area contributed by atoms with Gasteiger partial charge in [0.2, 0.25) is 5.91 Å². The number of hydrogen-bond acceptors (Lipinski definition) is 2. The van der Waals surface area contributed by atoms with Gasteiger partial charge in [-0.2, -0.15) is 0 Å². The summed E-state index contributed by atoms with van der Waals surface area (Å²) in [6.07, 6.45) is 1.10. The Balaban J connectivity index is 2.00. The number of hydrogen-bond donors (Lipinski definition) is 0. The number of nitrogens with zero attached hydrogens (tertiary/aromatic N) is 1. The van der Waals surface area contributed by atoms with E-state index in [2.05, 4.69) is 0 Å². The van der Waals surface area contributed by atoms with Crippen LogP contribution in [0.15, 0.2) is 0 Å². The zero-order chi connectivity index (χ0) is 7.84. The Bertz CT molecular complexity index is 171. The molecule has 2 bridgehead atoms. The van der Waals surface area contributed by atoms with Crippen molar-refractivity contribution in [1.29, 1.82) is 0 Å². The van der Waals surface area contributed by atoms with Gasteiger partial charge in [-0.05, 0) is 6.42 Å². The molecule has 0 radical (unpaired) electrons. The van der Waals surface area contributed by atoms with E-state index in [9.17, 15) is 4.79 Å². The summed E-state index contributed by atoms with van der Waals surface area (Å²) in [5.74, 6) is 0.156. The Kier molecular flexibility index (Phi) is 1.77.